The molecular weight excluding hydrogens is 372 g/mol. The van der Waals surface area contributed by atoms with Gasteiger partial charge in [0.2, 0.25) is 5.09 Å². The van der Waals surface area contributed by atoms with Crippen LogP contribution in [0.5, 0.6) is 0 Å². The van der Waals surface area contributed by atoms with Crippen LogP contribution in [0.2, 0.25) is 0 Å². The molecular formula is C18H26N2O6S. The number of rotatable bonds is 4. The lowest BCUT2D eigenvalue weighted by Gasteiger charge is -2.33. The number of carbonyl (C=O) groups excluding carboxylic acids is 1. The third-order valence-electron chi connectivity index (χ3n) is 5.56. The standard InChI is InChI=1S/C18H26N2O6S/c21-17(19-10-6-14(7-11-19)18-24-12-13-25-18)15-4-5-16(26-15)27(22,23)20-8-2-1-3-9-20/h4-5,14,18H,1-3,6-13H2. The lowest BCUT2D eigenvalue weighted by Crippen LogP contribution is -2.41. The van der Waals surface area contributed by atoms with Gasteiger partial charge in [-0.2, -0.15) is 4.31 Å². The lowest BCUT2D eigenvalue weighted by molar-refractivity contribution is -0.0956. The molecule has 0 aromatic carbocycles. The minimum absolute atomic E-state index is 0.0809. The Morgan fingerprint density at radius 1 is 0.963 bits per heavy atom. The van der Waals surface area contributed by atoms with Crippen molar-refractivity contribution in [1.29, 1.82) is 0 Å². The van der Waals surface area contributed by atoms with E-state index in [9.17, 15) is 13.2 Å². The van der Waals surface area contributed by atoms with E-state index >= 15 is 0 Å². The van der Waals surface area contributed by atoms with Crippen molar-refractivity contribution in [2.75, 3.05) is 39.4 Å². The molecule has 0 atom stereocenters. The van der Waals surface area contributed by atoms with Crippen LogP contribution >= 0.6 is 0 Å². The van der Waals surface area contributed by atoms with E-state index in [1.54, 1.807) is 4.90 Å². The Bertz CT molecular complexity index is 757. The highest BCUT2D eigenvalue weighted by Crippen LogP contribution is 2.28. The van der Waals surface area contributed by atoms with Crippen LogP contribution in [0.3, 0.4) is 0 Å². The molecule has 1 aromatic heterocycles. The molecule has 0 saturated carbocycles. The van der Waals surface area contributed by atoms with Crippen LogP contribution in [-0.4, -0.2) is 69.2 Å². The molecule has 3 aliphatic rings. The van der Waals surface area contributed by atoms with Gasteiger partial charge >= 0.3 is 0 Å². The number of amides is 1. The predicted octanol–water partition coefficient (Wildman–Crippen LogP) is 1.68. The van der Waals surface area contributed by atoms with Crippen LogP contribution in [0.1, 0.15) is 42.7 Å². The van der Waals surface area contributed by atoms with Gasteiger partial charge in [-0.05, 0) is 37.8 Å². The molecule has 3 saturated heterocycles. The first-order valence-electron chi connectivity index (χ1n) is 9.68. The Balaban J connectivity index is 1.39. The summed E-state index contributed by atoms with van der Waals surface area (Å²) in [4.78, 5) is 14.4. The maximum absolute atomic E-state index is 12.7. The Labute approximate surface area is 159 Å². The number of piperidine rings is 2. The Kier molecular flexibility index (Phi) is 5.54. The van der Waals surface area contributed by atoms with Crippen molar-refractivity contribution < 1.29 is 27.1 Å². The molecule has 0 unspecified atom stereocenters. The van der Waals surface area contributed by atoms with Gasteiger partial charge in [-0.25, -0.2) is 8.42 Å². The highest BCUT2D eigenvalue weighted by atomic mass is 32.2. The van der Waals surface area contributed by atoms with Crippen molar-refractivity contribution in [1.82, 2.24) is 9.21 Å². The molecule has 1 aromatic rings. The fraction of sp³-hybridized carbons (Fsp3) is 0.722. The summed E-state index contributed by atoms with van der Waals surface area (Å²) in [6.07, 6.45) is 4.20. The van der Waals surface area contributed by atoms with E-state index in [0.29, 0.717) is 45.3 Å². The normalized spacial score (nSPS) is 23.8. The van der Waals surface area contributed by atoms with Gasteiger partial charge in [0.1, 0.15) is 0 Å². The van der Waals surface area contributed by atoms with Gasteiger partial charge in [-0.3, -0.25) is 4.79 Å². The molecule has 27 heavy (non-hydrogen) atoms. The van der Waals surface area contributed by atoms with E-state index in [1.165, 1.54) is 16.4 Å². The lowest BCUT2D eigenvalue weighted by atomic mass is 9.96. The first kappa shape index (κ1) is 18.9. The minimum Gasteiger partial charge on any atom is -0.438 e. The van der Waals surface area contributed by atoms with Crippen LogP contribution in [0.15, 0.2) is 21.6 Å². The summed E-state index contributed by atoms with van der Waals surface area (Å²) in [5.74, 6) is 0.113. The smallest absolute Gasteiger partial charge is 0.289 e. The Morgan fingerprint density at radius 3 is 2.30 bits per heavy atom. The molecule has 0 N–H and O–H groups in total. The summed E-state index contributed by atoms with van der Waals surface area (Å²) in [5.41, 5.74) is 0. The first-order valence-corrected chi connectivity index (χ1v) is 11.1. The van der Waals surface area contributed by atoms with Crippen molar-refractivity contribution in [3.8, 4) is 0 Å². The van der Waals surface area contributed by atoms with Gasteiger partial charge in [0.05, 0.1) is 13.2 Å². The van der Waals surface area contributed by atoms with Gasteiger partial charge in [0.25, 0.3) is 15.9 Å². The Morgan fingerprint density at radius 2 is 1.63 bits per heavy atom. The highest BCUT2D eigenvalue weighted by molar-refractivity contribution is 7.89. The van der Waals surface area contributed by atoms with Crippen molar-refractivity contribution in [3.63, 3.8) is 0 Å². The number of carbonyl (C=O) groups is 1. The zero-order valence-electron chi connectivity index (χ0n) is 15.3. The van der Waals surface area contributed by atoms with Gasteiger partial charge in [0, 0.05) is 32.1 Å². The van der Waals surface area contributed by atoms with E-state index in [4.69, 9.17) is 13.9 Å². The molecule has 0 radical (unpaired) electrons. The van der Waals surface area contributed by atoms with Crippen molar-refractivity contribution in [2.45, 2.75) is 43.5 Å². The summed E-state index contributed by atoms with van der Waals surface area (Å²) in [6, 6.07) is 2.86. The third kappa shape index (κ3) is 3.91. The fourth-order valence-corrected chi connectivity index (χ4v) is 5.41. The number of likely N-dealkylation sites (tertiary alicyclic amines) is 1. The van der Waals surface area contributed by atoms with Gasteiger partial charge in [-0.15, -0.1) is 0 Å². The van der Waals surface area contributed by atoms with Crippen molar-refractivity contribution >= 4 is 15.9 Å². The number of hydrogen-bond donors (Lipinski definition) is 0. The van der Waals surface area contributed by atoms with E-state index in [2.05, 4.69) is 0 Å². The van der Waals surface area contributed by atoms with Crippen LogP contribution in [-0.2, 0) is 19.5 Å². The number of sulfonamides is 1. The second-order valence-corrected chi connectivity index (χ2v) is 9.19. The maximum atomic E-state index is 12.7. The van der Waals surface area contributed by atoms with Crippen molar-refractivity contribution in [2.24, 2.45) is 5.92 Å². The molecule has 0 bridgehead atoms. The van der Waals surface area contributed by atoms with E-state index in [1.807, 2.05) is 0 Å². The molecule has 3 aliphatic heterocycles. The molecule has 0 aliphatic carbocycles. The molecule has 150 valence electrons. The van der Waals surface area contributed by atoms with E-state index in [0.717, 1.165) is 32.1 Å². The number of nitrogens with zero attached hydrogens (tertiary/aromatic N) is 2. The average Bonchev–Trinajstić information content (AvgIpc) is 3.41. The summed E-state index contributed by atoms with van der Waals surface area (Å²) in [7, 11) is -3.66. The molecule has 4 heterocycles. The van der Waals surface area contributed by atoms with Gasteiger partial charge in [-0.1, -0.05) is 6.42 Å². The molecule has 0 spiro atoms. The van der Waals surface area contributed by atoms with Crippen LogP contribution in [0.4, 0.5) is 0 Å². The van der Waals surface area contributed by atoms with Crippen LogP contribution < -0.4 is 0 Å². The predicted molar refractivity (Wildman–Crippen MR) is 95.6 cm³/mol. The van der Waals surface area contributed by atoms with Gasteiger partial charge < -0.3 is 18.8 Å². The van der Waals surface area contributed by atoms with E-state index < -0.39 is 10.0 Å². The van der Waals surface area contributed by atoms with E-state index in [-0.39, 0.29) is 23.0 Å². The number of hydrogen-bond acceptors (Lipinski definition) is 6. The quantitative estimate of drug-likeness (QED) is 0.767. The summed E-state index contributed by atoms with van der Waals surface area (Å²) in [6.45, 7) is 3.44. The second-order valence-electron chi connectivity index (χ2n) is 7.32. The Hall–Kier alpha value is -1.42. The van der Waals surface area contributed by atoms with Gasteiger partial charge in [0.15, 0.2) is 12.1 Å². The minimum atomic E-state index is -3.66. The molecule has 8 nitrogen and oxygen atoms in total. The number of furan rings is 1. The molecule has 4 rings (SSSR count). The summed E-state index contributed by atoms with van der Waals surface area (Å²) >= 11 is 0. The fourth-order valence-electron chi connectivity index (χ4n) is 3.99. The summed E-state index contributed by atoms with van der Waals surface area (Å²) < 4.78 is 43.4. The van der Waals surface area contributed by atoms with Crippen molar-refractivity contribution in [3.05, 3.63) is 17.9 Å². The first-order chi connectivity index (χ1) is 13.1. The summed E-state index contributed by atoms with van der Waals surface area (Å²) in [5, 5.41) is -0.143. The largest absolute Gasteiger partial charge is 0.438 e. The SMILES string of the molecule is O=C(c1ccc(S(=O)(=O)N2CCCCC2)o1)N1CCC(C2OCCO2)CC1. The zero-order chi connectivity index (χ0) is 18.9. The average molecular weight is 398 g/mol. The second kappa shape index (κ2) is 7.90. The van der Waals surface area contributed by atoms with Crippen LogP contribution in [0, 0.1) is 5.92 Å². The number of ether oxygens (including phenoxy) is 2. The molecule has 9 heteroatoms. The zero-order valence-corrected chi connectivity index (χ0v) is 16.2. The maximum Gasteiger partial charge on any atom is 0.289 e. The topological polar surface area (TPSA) is 89.3 Å². The highest BCUT2D eigenvalue weighted by Gasteiger charge is 2.34. The monoisotopic (exact) mass is 398 g/mol. The molecule has 3 fully saturated rings. The third-order valence-corrected chi connectivity index (χ3v) is 7.33. The molecule has 1 amide bonds. The van der Waals surface area contributed by atoms with Crippen LogP contribution in [0.25, 0.3) is 0 Å².